The highest BCUT2D eigenvalue weighted by molar-refractivity contribution is 5.72. The zero-order valence-corrected chi connectivity index (χ0v) is 14.4. The van der Waals surface area contributed by atoms with Crippen molar-refractivity contribution in [2.45, 2.75) is 58.0 Å². The van der Waals surface area contributed by atoms with Gasteiger partial charge in [-0.25, -0.2) is 0 Å². The maximum absolute atomic E-state index is 12.3. The molecule has 0 N–H and O–H groups in total. The van der Waals surface area contributed by atoms with Gasteiger partial charge in [0.15, 0.2) is 0 Å². The average molecular weight is 315 g/mol. The molecule has 2 fully saturated rings. The van der Waals surface area contributed by atoms with Crippen LogP contribution in [0, 0.1) is 11.8 Å². The number of carbonyl (C=O) groups excluding carboxylic acids is 1. The number of benzene rings is 1. The first-order valence-electron chi connectivity index (χ1n) is 9.18. The molecular weight excluding hydrogens is 286 g/mol. The van der Waals surface area contributed by atoms with Crippen LogP contribution in [0.1, 0.15) is 57.6 Å². The first-order valence-corrected chi connectivity index (χ1v) is 9.18. The van der Waals surface area contributed by atoms with E-state index >= 15 is 0 Å². The summed E-state index contributed by atoms with van der Waals surface area (Å²) in [5.74, 6) is 0.695. The van der Waals surface area contributed by atoms with Crippen LogP contribution in [0.3, 0.4) is 0 Å². The molecule has 1 aliphatic carbocycles. The zero-order valence-electron chi connectivity index (χ0n) is 14.4. The molecule has 3 nitrogen and oxygen atoms in total. The van der Waals surface area contributed by atoms with Gasteiger partial charge in [-0.3, -0.25) is 9.69 Å². The van der Waals surface area contributed by atoms with E-state index in [1.54, 1.807) is 0 Å². The second-order valence-corrected chi connectivity index (χ2v) is 7.08. The van der Waals surface area contributed by atoms with Gasteiger partial charge in [-0.15, -0.1) is 0 Å². The summed E-state index contributed by atoms with van der Waals surface area (Å²) in [5.41, 5.74) is 1.35. The largest absolute Gasteiger partial charge is 0.466 e. The van der Waals surface area contributed by atoms with Crippen molar-refractivity contribution in [1.82, 2.24) is 4.90 Å². The van der Waals surface area contributed by atoms with Crippen LogP contribution in [0.5, 0.6) is 0 Å². The Bertz CT molecular complexity index is 516. The van der Waals surface area contributed by atoms with Crippen molar-refractivity contribution in [2.24, 2.45) is 11.8 Å². The first-order chi connectivity index (χ1) is 11.2. The van der Waals surface area contributed by atoms with Crippen LogP contribution < -0.4 is 0 Å². The summed E-state index contributed by atoms with van der Waals surface area (Å²) < 4.78 is 5.33. The van der Waals surface area contributed by atoms with Gasteiger partial charge in [0, 0.05) is 18.6 Å². The maximum Gasteiger partial charge on any atom is 0.310 e. The van der Waals surface area contributed by atoms with Crippen molar-refractivity contribution in [2.75, 3.05) is 13.2 Å². The smallest absolute Gasteiger partial charge is 0.310 e. The van der Waals surface area contributed by atoms with Crippen LogP contribution in [-0.4, -0.2) is 30.1 Å². The van der Waals surface area contributed by atoms with Crippen LogP contribution in [-0.2, 0) is 9.53 Å². The normalized spacial score (nSPS) is 29.6. The van der Waals surface area contributed by atoms with Crippen LogP contribution in [0.4, 0.5) is 0 Å². The van der Waals surface area contributed by atoms with E-state index in [0.717, 1.165) is 13.0 Å². The van der Waals surface area contributed by atoms with Gasteiger partial charge < -0.3 is 4.74 Å². The molecule has 126 valence electrons. The van der Waals surface area contributed by atoms with Crippen LogP contribution >= 0.6 is 0 Å². The maximum atomic E-state index is 12.3. The highest BCUT2D eigenvalue weighted by Crippen LogP contribution is 2.41. The summed E-state index contributed by atoms with van der Waals surface area (Å²) in [7, 11) is 0. The molecule has 1 aromatic carbocycles. The third-order valence-corrected chi connectivity index (χ3v) is 5.71. The Morgan fingerprint density at radius 3 is 2.74 bits per heavy atom. The molecule has 1 aromatic rings. The molecule has 1 saturated carbocycles. The fourth-order valence-corrected chi connectivity index (χ4v) is 4.53. The quantitative estimate of drug-likeness (QED) is 0.780. The van der Waals surface area contributed by atoms with Gasteiger partial charge in [-0.1, -0.05) is 43.2 Å². The van der Waals surface area contributed by atoms with Crippen molar-refractivity contribution in [3.63, 3.8) is 0 Å². The molecule has 4 atom stereocenters. The number of carbonyl (C=O) groups is 1. The molecule has 23 heavy (non-hydrogen) atoms. The van der Waals surface area contributed by atoms with Gasteiger partial charge in [-0.05, 0) is 44.6 Å². The number of likely N-dealkylation sites (tertiary alicyclic amines) is 1. The Hall–Kier alpha value is -1.35. The molecular formula is C20H29NO2. The van der Waals surface area contributed by atoms with Gasteiger partial charge in [0.05, 0.1) is 12.5 Å². The summed E-state index contributed by atoms with van der Waals surface area (Å²) in [4.78, 5) is 14.9. The second kappa shape index (κ2) is 7.48. The third kappa shape index (κ3) is 3.60. The molecule has 1 aliphatic heterocycles. The second-order valence-electron chi connectivity index (χ2n) is 7.08. The number of hydrogen-bond acceptors (Lipinski definition) is 3. The fourth-order valence-electron chi connectivity index (χ4n) is 4.53. The van der Waals surface area contributed by atoms with Gasteiger partial charge in [0.25, 0.3) is 0 Å². The molecule has 0 aromatic heterocycles. The molecule has 3 rings (SSSR count). The van der Waals surface area contributed by atoms with E-state index in [1.165, 1.54) is 31.2 Å². The number of fused-ring (bicyclic) bond motifs is 1. The topological polar surface area (TPSA) is 29.5 Å². The van der Waals surface area contributed by atoms with E-state index in [1.807, 2.05) is 6.92 Å². The minimum atomic E-state index is 0.00165. The first kappa shape index (κ1) is 16.5. The Morgan fingerprint density at radius 1 is 1.26 bits per heavy atom. The lowest BCUT2D eigenvalue weighted by Crippen LogP contribution is -2.52. The van der Waals surface area contributed by atoms with Crippen molar-refractivity contribution in [3.05, 3.63) is 35.9 Å². The SMILES string of the molecule is CCOC(=O)[C@@H]1C[C@@H]2CCCC[C@@H]2N([C@H](C)c2ccccc2)C1. The minimum Gasteiger partial charge on any atom is -0.466 e. The monoisotopic (exact) mass is 315 g/mol. The van der Waals surface area contributed by atoms with Gasteiger partial charge in [0.2, 0.25) is 0 Å². The Labute approximate surface area is 140 Å². The highest BCUT2D eigenvalue weighted by atomic mass is 16.5. The van der Waals surface area contributed by atoms with Crippen molar-refractivity contribution in [1.29, 1.82) is 0 Å². The molecule has 1 saturated heterocycles. The number of nitrogens with zero attached hydrogens (tertiary/aromatic N) is 1. The summed E-state index contributed by atoms with van der Waals surface area (Å²) in [5, 5.41) is 0. The Kier molecular flexibility index (Phi) is 5.37. The van der Waals surface area contributed by atoms with E-state index in [4.69, 9.17) is 4.74 Å². The van der Waals surface area contributed by atoms with Gasteiger partial charge in [0.1, 0.15) is 0 Å². The Balaban J connectivity index is 1.81. The summed E-state index contributed by atoms with van der Waals surface area (Å²) in [6.45, 7) is 5.51. The Morgan fingerprint density at radius 2 is 2.00 bits per heavy atom. The number of hydrogen-bond donors (Lipinski definition) is 0. The van der Waals surface area contributed by atoms with E-state index in [0.29, 0.717) is 24.6 Å². The van der Waals surface area contributed by atoms with Crippen molar-refractivity contribution in [3.8, 4) is 0 Å². The van der Waals surface area contributed by atoms with Gasteiger partial charge in [-0.2, -0.15) is 0 Å². The number of ether oxygens (including phenoxy) is 1. The van der Waals surface area contributed by atoms with Crippen LogP contribution in [0.15, 0.2) is 30.3 Å². The highest BCUT2D eigenvalue weighted by Gasteiger charge is 2.42. The molecule has 0 radical (unpaired) electrons. The molecule has 0 unspecified atom stereocenters. The lowest BCUT2D eigenvalue weighted by Gasteiger charge is -2.49. The molecule has 1 heterocycles. The van der Waals surface area contributed by atoms with E-state index in [9.17, 15) is 4.79 Å². The average Bonchev–Trinajstić information content (AvgIpc) is 2.61. The number of esters is 1. The third-order valence-electron chi connectivity index (χ3n) is 5.71. The lowest BCUT2D eigenvalue weighted by molar-refractivity contribution is -0.153. The van der Waals surface area contributed by atoms with E-state index in [2.05, 4.69) is 42.2 Å². The predicted octanol–water partition coefficient (Wildman–Crippen LogP) is 4.19. The van der Waals surface area contributed by atoms with Crippen molar-refractivity contribution >= 4 is 5.97 Å². The van der Waals surface area contributed by atoms with E-state index < -0.39 is 0 Å². The fraction of sp³-hybridized carbons (Fsp3) is 0.650. The van der Waals surface area contributed by atoms with Crippen molar-refractivity contribution < 1.29 is 9.53 Å². The molecule has 0 amide bonds. The molecule has 0 spiro atoms. The minimum absolute atomic E-state index is 0.00165. The van der Waals surface area contributed by atoms with E-state index in [-0.39, 0.29) is 11.9 Å². The molecule has 0 bridgehead atoms. The number of piperidine rings is 1. The molecule has 2 aliphatic rings. The molecule has 3 heteroatoms. The van der Waals surface area contributed by atoms with Gasteiger partial charge >= 0.3 is 5.97 Å². The summed E-state index contributed by atoms with van der Waals surface area (Å²) in [6, 6.07) is 11.7. The lowest BCUT2D eigenvalue weighted by atomic mass is 9.74. The van der Waals surface area contributed by atoms with Crippen LogP contribution in [0.25, 0.3) is 0 Å². The summed E-state index contributed by atoms with van der Waals surface area (Å²) in [6.07, 6.45) is 6.19. The number of rotatable bonds is 4. The summed E-state index contributed by atoms with van der Waals surface area (Å²) >= 11 is 0. The zero-order chi connectivity index (χ0) is 16.2. The standard InChI is InChI=1S/C20H29NO2/c1-3-23-20(22)18-13-17-11-7-8-12-19(17)21(14-18)15(2)16-9-5-4-6-10-16/h4-6,9-10,15,17-19H,3,7-8,11-14H2,1-2H3/t15-,17+,18-,19+/m1/s1. The predicted molar refractivity (Wildman–Crippen MR) is 92.0 cm³/mol. The van der Waals surface area contributed by atoms with Crippen LogP contribution in [0.2, 0.25) is 0 Å².